The van der Waals surface area contributed by atoms with Crippen molar-refractivity contribution in [3.63, 3.8) is 0 Å². The Bertz CT molecular complexity index is 815. The highest BCUT2D eigenvalue weighted by Crippen LogP contribution is 2.08. The molecule has 10 nitrogen and oxygen atoms in total. The Morgan fingerprint density at radius 3 is 2.11 bits per heavy atom. The molecule has 1 rings (SSSR count). The zero-order valence-electron chi connectivity index (χ0n) is 19.9. The number of carbonyl (C=O) groups is 4. The average Bonchev–Trinajstić information content (AvgIpc) is 2.84. The quantitative estimate of drug-likeness (QED) is 0.109. The van der Waals surface area contributed by atoms with Crippen LogP contribution in [0, 0.1) is 0 Å². The molecule has 3 amide bonds. The third-order valence-electron chi connectivity index (χ3n) is 5.26. The van der Waals surface area contributed by atoms with Crippen molar-refractivity contribution in [2.24, 2.45) is 11.5 Å². The minimum absolute atomic E-state index is 0.110. The normalized spacial score (nSPS) is 14.3. The molecule has 4 unspecified atom stereocenters. The number of benzene rings is 1. The molecule has 0 aromatic heterocycles. The SMILES string of the molecule is CSCCC(NC(=O)C(N)CCCCN)C(=O)NC(Cc1ccccc1)C(=O)NC(CS)C(=O)O. The van der Waals surface area contributed by atoms with E-state index in [-0.39, 0.29) is 12.2 Å². The molecule has 0 bridgehead atoms. The van der Waals surface area contributed by atoms with Crippen LogP contribution in [0.15, 0.2) is 30.3 Å². The van der Waals surface area contributed by atoms with Crippen molar-refractivity contribution in [3.8, 4) is 0 Å². The van der Waals surface area contributed by atoms with Crippen molar-refractivity contribution in [2.45, 2.75) is 56.3 Å². The number of amides is 3. The van der Waals surface area contributed by atoms with Gasteiger partial charge in [0, 0.05) is 12.2 Å². The number of thioether (sulfide) groups is 1. The highest BCUT2D eigenvalue weighted by Gasteiger charge is 2.30. The first kappa shape index (κ1) is 30.8. The van der Waals surface area contributed by atoms with Gasteiger partial charge in [-0.3, -0.25) is 14.4 Å². The smallest absolute Gasteiger partial charge is 0.327 e. The number of thiol groups is 1. The zero-order valence-corrected chi connectivity index (χ0v) is 21.7. The zero-order chi connectivity index (χ0) is 26.2. The molecular weight excluding hydrogens is 490 g/mol. The van der Waals surface area contributed by atoms with Crippen molar-refractivity contribution in [3.05, 3.63) is 35.9 Å². The van der Waals surface area contributed by atoms with E-state index in [1.54, 1.807) is 24.3 Å². The molecule has 0 aliphatic carbocycles. The largest absolute Gasteiger partial charge is 0.480 e. The molecule has 196 valence electrons. The predicted molar refractivity (Wildman–Crippen MR) is 141 cm³/mol. The van der Waals surface area contributed by atoms with E-state index in [1.807, 2.05) is 12.3 Å². The number of aliphatic carboxylic acids is 1. The molecule has 4 atom stereocenters. The van der Waals surface area contributed by atoms with Gasteiger partial charge in [-0.25, -0.2) is 4.79 Å². The van der Waals surface area contributed by atoms with Crippen LogP contribution in [0.3, 0.4) is 0 Å². The monoisotopic (exact) mass is 527 g/mol. The van der Waals surface area contributed by atoms with Crippen LogP contribution in [0.25, 0.3) is 0 Å². The Morgan fingerprint density at radius 1 is 0.943 bits per heavy atom. The third kappa shape index (κ3) is 11.8. The van der Waals surface area contributed by atoms with Gasteiger partial charge in [-0.15, -0.1) is 0 Å². The molecule has 8 N–H and O–H groups in total. The summed E-state index contributed by atoms with van der Waals surface area (Å²) in [6.45, 7) is 0.508. The molecule has 0 radical (unpaired) electrons. The lowest BCUT2D eigenvalue weighted by atomic mass is 10.0. The number of nitrogens with one attached hydrogen (secondary N) is 3. The van der Waals surface area contributed by atoms with Gasteiger partial charge in [0.05, 0.1) is 6.04 Å². The Morgan fingerprint density at radius 2 is 1.54 bits per heavy atom. The van der Waals surface area contributed by atoms with Gasteiger partial charge >= 0.3 is 5.97 Å². The number of carboxylic acids is 1. The maximum atomic E-state index is 13.2. The highest BCUT2D eigenvalue weighted by atomic mass is 32.2. The van der Waals surface area contributed by atoms with Crippen LogP contribution in [0.5, 0.6) is 0 Å². The van der Waals surface area contributed by atoms with E-state index in [0.717, 1.165) is 12.0 Å². The number of hydrogen-bond acceptors (Lipinski definition) is 8. The van der Waals surface area contributed by atoms with E-state index < -0.39 is 47.9 Å². The van der Waals surface area contributed by atoms with Gasteiger partial charge in [-0.05, 0) is 43.4 Å². The first-order valence-corrected chi connectivity index (χ1v) is 13.5. The first-order valence-electron chi connectivity index (χ1n) is 11.5. The van der Waals surface area contributed by atoms with Crippen LogP contribution in [-0.4, -0.2) is 77.3 Å². The van der Waals surface area contributed by atoms with Crippen molar-refractivity contribution >= 4 is 48.1 Å². The minimum atomic E-state index is -1.23. The molecular formula is C23H37N5O5S2. The number of rotatable bonds is 17. The van der Waals surface area contributed by atoms with Crippen LogP contribution in [0.4, 0.5) is 0 Å². The number of carboxylic acid groups (broad SMARTS) is 1. The Balaban J connectivity index is 2.99. The Hall–Kier alpha value is -2.28. The van der Waals surface area contributed by atoms with Crippen LogP contribution >= 0.6 is 24.4 Å². The summed E-state index contributed by atoms with van der Waals surface area (Å²) in [5.41, 5.74) is 12.2. The maximum Gasteiger partial charge on any atom is 0.327 e. The van der Waals surface area contributed by atoms with Gasteiger partial charge in [-0.1, -0.05) is 36.8 Å². The van der Waals surface area contributed by atoms with Gasteiger partial charge < -0.3 is 32.5 Å². The Kier molecular flexibility index (Phi) is 15.1. The van der Waals surface area contributed by atoms with E-state index in [2.05, 4.69) is 28.6 Å². The van der Waals surface area contributed by atoms with Crippen LogP contribution in [0.2, 0.25) is 0 Å². The topological polar surface area (TPSA) is 177 Å². The molecule has 0 heterocycles. The summed E-state index contributed by atoms with van der Waals surface area (Å²) >= 11 is 5.49. The molecule has 12 heteroatoms. The maximum absolute atomic E-state index is 13.2. The fourth-order valence-electron chi connectivity index (χ4n) is 3.21. The second-order valence-corrected chi connectivity index (χ2v) is 9.42. The van der Waals surface area contributed by atoms with Gasteiger partial charge in [-0.2, -0.15) is 24.4 Å². The second-order valence-electron chi connectivity index (χ2n) is 8.07. The van der Waals surface area contributed by atoms with Gasteiger partial charge in [0.15, 0.2) is 0 Å². The van der Waals surface area contributed by atoms with Crippen molar-refractivity contribution < 1.29 is 24.3 Å². The lowest BCUT2D eigenvalue weighted by Gasteiger charge is -2.25. The molecule has 0 saturated carbocycles. The van der Waals surface area contributed by atoms with Gasteiger partial charge in [0.1, 0.15) is 18.1 Å². The van der Waals surface area contributed by atoms with Crippen LogP contribution in [0.1, 0.15) is 31.2 Å². The van der Waals surface area contributed by atoms with Gasteiger partial charge in [0.2, 0.25) is 17.7 Å². The van der Waals surface area contributed by atoms with Crippen LogP contribution in [-0.2, 0) is 25.6 Å². The summed E-state index contributed by atoms with van der Waals surface area (Å²) in [7, 11) is 0. The molecule has 0 aliphatic rings. The van der Waals surface area contributed by atoms with Crippen molar-refractivity contribution in [1.82, 2.24) is 16.0 Å². The summed E-state index contributed by atoms with van der Waals surface area (Å²) in [5, 5.41) is 17.1. The highest BCUT2D eigenvalue weighted by molar-refractivity contribution is 7.98. The lowest BCUT2D eigenvalue weighted by molar-refractivity contribution is -0.141. The number of hydrogen-bond donors (Lipinski definition) is 7. The summed E-state index contributed by atoms with van der Waals surface area (Å²) in [6.07, 6.45) is 4.24. The number of nitrogens with two attached hydrogens (primary N) is 2. The second kappa shape index (κ2) is 17.2. The fourth-order valence-corrected chi connectivity index (χ4v) is 3.93. The molecule has 0 spiro atoms. The molecule has 1 aromatic carbocycles. The molecule has 35 heavy (non-hydrogen) atoms. The summed E-state index contributed by atoms with van der Waals surface area (Å²) in [4.78, 5) is 50.0. The first-order chi connectivity index (χ1) is 16.7. The third-order valence-corrected chi connectivity index (χ3v) is 6.27. The molecule has 0 aliphatic heterocycles. The summed E-state index contributed by atoms with van der Waals surface area (Å²) in [6, 6.07) is 5.07. The number of carbonyl (C=O) groups excluding carboxylic acids is 3. The Labute approximate surface area is 216 Å². The molecule has 0 fully saturated rings. The number of unbranched alkanes of at least 4 members (excludes halogenated alkanes) is 1. The fraction of sp³-hybridized carbons (Fsp3) is 0.565. The predicted octanol–water partition coefficient (Wildman–Crippen LogP) is -0.0927. The van der Waals surface area contributed by atoms with Crippen molar-refractivity contribution in [1.29, 1.82) is 0 Å². The minimum Gasteiger partial charge on any atom is -0.480 e. The van der Waals surface area contributed by atoms with Crippen LogP contribution < -0.4 is 27.4 Å². The van der Waals surface area contributed by atoms with E-state index in [4.69, 9.17) is 11.5 Å². The molecule has 1 aromatic rings. The standard InChI is InChI=1S/C23H37N5O5S2/c1-35-12-10-17(26-20(29)16(25)9-5-6-11-24)21(30)27-18(13-15-7-3-2-4-8-15)22(31)28-19(14-34)23(32)33/h2-4,7-8,16-19,34H,5-6,9-14,24-25H2,1H3,(H,26,29)(H,27,30)(H,28,31)(H,32,33). The van der Waals surface area contributed by atoms with Gasteiger partial charge in [0.25, 0.3) is 0 Å². The summed E-state index contributed by atoms with van der Waals surface area (Å²) < 4.78 is 0. The van der Waals surface area contributed by atoms with Crippen molar-refractivity contribution in [2.75, 3.05) is 24.3 Å². The van der Waals surface area contributed by atoms with E-state index in [9.17, 15) is 24.3 Å². The molecule has 0 saturated heterocycles. The van der Waals surface area contributed by atoms with E-state index in [1.165, 1.54) is 11.8 Å². The van der Waals surface area contributed by atoms with E-state index in [0.29, 0.717) is 31.6 Å². The average molecular weight is 528 g/mol. The van der Waals surface area contributed by atoms with E-state index >= 15 is 0 Å². The summed E-state index contributed by atoms with van der Waals surface area (Å²) in [5.74, 6) is -2.40. The lowest BCUT2D eigenvalue weighted by Crippen LogP contribution is -2.58.